The summed E-state index contributed by atoms with van der Waals surface area (Å²) in [5.41, 5.74) is 0. The average Bonchev–Trinajstić information content (AvgIpc) is 3.33. The van der Waals surface area contributed by atoms with Gasteiger partial charge in [-0.25, -0.2) is 9.97 Å². The molecule has 1 heterocycles. The molecule has 6 heteroatoms. The van der Waals surface area contributed by atoms with Crippen LogP contribution in [0.15, 0.2) is 6.07 Å². The quantitative estimate of drug-likeness (QED) is 0.681. The van der Waals surface area contributed by atoms with Gasteiger partial charge in [-0.3, -0.25) is 4.79 Å². The zero-order valence-electron chi connectivity index (χ0n) is 12.5. The number of nitrogens with zero attached hydrogens (tertiary/aromatic N) is 2. The number of anilines is 2. The van der Waals surface area contributed by atoms with Crippen LogP contribution in [0.25, 0.3) is 0 Å². The topological polar surface area (TPSA) is 78.9 Å². The van der Waals surface area contributed by atoms with Crippen LogP contribution in [0.2, 0.25) is 0 Å². The van der Waals surface area contributed by atoms with E-state index in [9.17, 15) is 4.79 Å². The lowest BCUT2D eigenvalue weighted by Crippen LogP contribution is -2.27. The van der Waals surface area contributed by atoms with E-state index in [1.165, 1.54) is 12.8 Å². The van der Waals surface area contributed by atoms with Crippen LogP contribution < -0.4 is 16.0 Å². The smallest absolute Gasteiger partial charge is 0.221 e. The molecule has 21 heavy (non-hydrogen) atoms. The predicted molar refractivity (Wildman–Crippen MR) is 82.4 cm³/mol. The first-order chi connectivity index (χ1) is 10.2. The molecule has 0 aromatic carbocycles. The van der Waals surface area contributed by atoms with Gasteiger partial charge < -0.3 is 16.0 Å². The van der Waals surface area contributed by atoms with Crippen LogP contribution in [0.4, 0.5) is 11.6 Å². The molecule has 0 unspecified atom stereocenters. The number of hydrogen-bond donors (Lipinski definition) is 3. The Bertz CT molecular complexity index is 511. The van der Waals surface area contributed by atoms with Gasteiger partial charge in [0.15, 0.2) is 0 Å². The molecule has 114 valence electrons. The average molecular weight is 289 g/mol. The fourth-order valence-corrected chi connectivity index (χ4v) is 2.18. The highest BCUT2D eigenvalue weighted by molar-refractivity contribution is 5.77. The fraction of sp³-hybridized carbons (Fsp3) is 0.667. The van der Waals surface area contributed by atoms with Gasteiger partial charge in [0.25, 0.3) is 0 Å². The van der Waals surface area contributed by atoms with Crippen LogP contribution in [-0.4, -0.2) is 35.0 Å². The van der Waals surface area contributed by atoms with E-state index in [2.05, 4.69) is 25.9 Å². The van der Waals surface area contributed by atoms with E-state index in [4.69, 9.17) is 0 Å². The molecule has 3 rings (SSSR count). The summed E-state index contributed by atoms with van der Waals surface area (Å²) in [4.78, 5) is 20.7. The number of amides is 1. The number of aromatic nitrogens is 2. The van der Waals surface area contributed by atoms with E-state index in [-0.39, 0.29) is 5.91 Å². The first-order valence-electron chi connectivity index (χ1n) is 7.90. The summed E-state index contributed by atoms with van der Waals surface area (Å²) in [6.07, 6.45) is 5.09. The normalized spacial score (nSPS) is 17.4. The Morgan fingerprint density at radius 1 is 1.19 bits per heavy atom. The molecule has 0 radical (unpaired) electrons. The largest absolute Gasteiger partial charge is 0.370 e. The van der Waals surface area contributed by atoms with Gasteiger partial charge in [-0.2, -0.15) is 0 Å². The molecule has 2 saturated carbocycles. The number of carbonyl (C=O) groups is 1. The Kier molecular flexibility index (Phi) is 4.22. The molecule has 0 bridgehead atoms. The van der Waals surface area contributed by atoms with Crippen molar-refractivity contribution in [1.82, 2.24) is 15.3 Å². The van der Waals surface area contributed by atoms with Crippen LogP contribution in [0, 0.1) is 0 Å². The van der Waals surface area contributed by atoms with Crippen LogP contribution in [0.5, 0.6) is 0 Å². The van der Waals surface area contributed by atoms with E-state index < -0.39 is 0 Å². The fourth-order valence-electron chi connectivity index (χ4n) is 2.18. The molecule has 1 aromatic heterocycles. The van der Waals surface area contributed by atoms with Crippen molar-refractivity contribution in [3.8, 4) is 0 Å². The summed E-state index contributed by atoms with van der Waals surface area (Å²) in [7, 11) is 0. The van der Waals surface area contributed by atoms with Crippen LogP contribution >= 0.6 is 0 Å². The summed E-state index contributed by atoms with van der Waals surface area (Å²) in [5.74, 6) is 3.22. The highest BCUT2D eigenvalue weighted by atomic mass is 16.1. The van der Waals surface area contributed by atoms with Crippen molar-refractivity contribution in [3.05, 3.63) is 11.9 Å². The lowest BCUT2D eigenvalue weighted by Gasteiger charge is -2.10. The molecule has 6 nitrogen and oxygen atoms in total. The van der Waals surface area contributed by atoms with Crippen LogP contribution in [0.3, 0.4) is 0 Å². The predicted octanol–water partition coefficient (Wildman–Crippen LogP) is 1.87. The molecule has 1 aromatic rings. The van der Waals surface area contributed by atoms with Gasteiger partial charge in [0.05, 0.1) is 0 Å². The van der Waals surface area contributed by atoms with Crippen molar-refractivity contribution < 1.29 is 4.79 Å². The van der Waals surface area contributed by atoms with Gasteiger partial charge >= 0.3 is 0 Å². The lowest BCUT2D eigenvalue weighted by molar-refractivity contribution is -0.120. The Labute approximate surface area is 125 Å². The highest BCUT2D eigenvalue weighted by Crippen LogP contribution is 2.38. The monoisotopic (exact) mass is 289 g/mol. The van der Waals surface area contributed by atoms with Crippen molar-refractivity contribution in [2.45, 2.75) is 51.0 Å². The Balaban J connectivity index is 1.54. The molecule has 0 spiro atoms. The van der Waals surface area contributed by atoms with Gasteiger partial charge in [-0.1, -0.05) is 0 Å². The first-order valence-corrected chi connectivity index (χ1v) is 7.90. The molecule has 0 saturated heterocycles. The number of carbonyl (C=O) groups excluding carboxylic acids is 1. The second kappa shape index (κ2) is 6.28. The summed E-state index contributed by atoms with van der Waals surface area (Å²) >= 11 is 0. The van der Waals surface area contributed by atoms with Crippen molar-refractivity contribution >= 4 is 17.5 Å². The molecule has 2 aliphatic carbocycles. The third-order valence-electron chi connectivity index (χ3n) is 3.64. The van der Waals surface area contributed by atoms with Crippen molar-refractivity contribution in [1.29, 1.82) is 0 Å². The lowest BCUT2D eigenvalue weighted by atomic mass is 10.3. The maximum Gasteiger partial charge on any atom is 0.221 e. The van der Waals surface area contributed by atoms with E-state index in [1.54, 1.807) is 0 Å². The molecule has 2 aliphatic rings. The third-order valence-corrected chi connectivity index (χ3v) is 3.64. The van der Waals surface area contributed by atoms with Gasteiger partial charge in [0, 0.05) is 37.5 Å². The van der Waals surface area contributed by atoms with E-state index in [0.29, 0.717) is 24.9 Å². The molecule has 2 fully saturated rings. The maximum atomic E-state index is 11.6. The van der Waals surface area contributed by atoms with Crippen LogP contribution in [-0.2, 0) is 4.79 Å². The Hall–Kier alpha value is -1.85. The molecule has 0 aliphatic heterocycles. The Morgan fingerprint density at radius 2 is 1.90 bits per heavy atom. The molecule has 0 atom stereocenters. The summed E-state index contributed by atoms with van der Waals surface area (Å²) in [6, 6.07) is 2.34. The Morgan fingerprint density at radius 3 is 2.52 bits per heavy atom. The van der Waals surface area contributed by atoms with Crippen LogP contribution in [0.1, 0.15) is 50.8 Å². The SMILES string of the molecule is CCNc1cc(NCCC(=O)NC2CC2)nc(C2CC2)n1. The van der Waals surface area contributed by atoms with Gasteiger partial charge in [0.1, 0.15) is 17.5 Å². The molecular formula is C15H23N5O. The van der Waals surface area contributed by atoms with Crippen molar-refractivity contribution in [2.75, 3.05) is 23.7 Å². The van der Waals surface area contributed by atoms with Crippen molar-refractivity contribution in [3.63, 3.8) is 0 Å². The number of nitrogens with one attached hydrogen (secondary N) is 3. The standard InChI is InChI=1S/C15H23N5O/c1-2-16-12-9-13(20-15(19-12)10-3-4-10)17-8-7-14(21)18-11-5-6-11/h9-11H,2-8H2,1H3,(H,18,21)(H2,16,17,19,20). The molecule has 1 amide bonds. The second-order valence-corrected chi connectivity index (χ2v) is 5.82. The highest BCUT2D eigenvalue weighted by Gasteiger charge is 2.27. The van der Waals surface area contributed by atoms with E-state index >= 15 is 0 Å². The van der Waals surface area contributed by atoms with Crippen molar-refractivity contribution in [2.24, 2.45) is 0 Å². The maximum absolute atomic E-state index is 11.6. The summed E-state index contributed by atoms with van der Waals surface area (Å²) < 4.78 is 0. The van der Waals surface area contributed by atoms with Gasteiger partial charge in [-0.15, -0.1) is 0 Å². The second-order valence-electron chi connectivity index (χ2n) is 5.82. The van der Waals surface area contributed by atoms with E-state index in [1.807, 2.05) is 13.0 Å². The molecular weight excluding hydrogens is 266 g/mol. The number of rotatable bonds is 8. The summed E-state index contributed by atoms with van der Waals surface area (Å²) in [6.45, 7) is 3.49. The van der Waals surface area contributed by atoms with Gasteiger partial charge in [0.2, 0.25) is 5.91 Å². The minimum Gasteiger partial charge on any atom is -0.370 e. The first kappa shape index (κ1) is 14.1. The third kappa shape index (κ3) is 4.31. The van der Waals surface area contributed by atoms with Gasteiger partial charge in [-0.05, 0) is 32.6 Å². The minimum absolute atomic E-state index is 0.119. The molecule has 3 N–H and O–H groups in total. The number of hydrogen-bond acceptors (Lipinski definition) is 5. The summed E-state index contributed by atoms with van der Waals surface area (Å²) in [5, 5.41) is 9.46. The zero-order chi connectivity index (χ0) is 14.7. The zero-order valence-corrected chi connectivity index (χ0v) is 12.5. The van der Waals surface area contributed by atoms with E-state index in [0.717, 1.165) is 36.8 Å². The minimum atomic E-state index is 0.119.